The molecule has 14 heavy (non-hydrogen) atoms. The predicted molar refractivity (Wildman–Crippen MR) is 60.4 cm³/mol. The van der Waals surface area contributed by atoms with Gasteiger partial charge in [0.25, 0.3) is 0 Å². The van der Waals surface area contributed by atoms with Gasteiger partial charge in [-0.1, -0.05) is 11.6 Å². The van der Waals surface area contributed by atoms with Crippen LogP contribution < -0.4 is 4.90 Å². The van der Waals surface area contributed by atoms with Gasteiger partial charge in [0.2, 0.25) is 5.28 Å². The van der Waals surface area contributed by atoms with Gasteiger partial charge in [0.05, 0.1) is 0 Å². The van der Waals surface area contributed by atoms with E-state index in [4.69, 9.17) is 23.2 Å². The molecular formula is C9H13Cl2N3. The van der Waals surface area contributed by atoms with Gasteiger partial charge in [0.1, 0.15) is 11.0 Å². The molecule has 1 aromatic heterocycles. The summed E-state index contributed by atoms with van der Waals surface area (Å²) in [5.74, 6) is 0.819. The van der Waals surface area contributed by atoms with Crippen molar-refractivity contribution >= 4 is 29.0 Å². The van der Waals surface area contributed by atoms with Crippen LogP contribution >= 0.6 is 23.2 Å². The number of halogens is 2. The number of rotatable bonds is 3. The average molecular weight is 234 g/mol. The van der Waals surface area contributed by atoms with E-state index in [0.29, 0.717) is 5.15 Å². The van der Waals surface area contributed by atoms with Gasteiger partial charge >= 0.3 is 0 Å². The molecule has 0 aliphatic heterocycles. The van der Waals surface area contributed by atoms with Gasteiger partial charge in [-0.05, 0) is 32.4 Å². The van der Waals surface area contributed by atoms with Gasteiger partial charge in [-0.2, -0.15) is 0 Å². The van der Waals surface area contributed by atoms with E-state index >= 15 is 0 Å². The molecule has 0 aromatic carbocycles. The largest absolute Gasteiger partial charge is 0.357 e. The first-order valence-corrected chi connectivity index (χ1v) is 5.30. The van der Waals surface area contributed by atoms with Crippen molar-refractivity contribution in [2.75, 3.05) is 18.0 Å². The molecular weight excluding hydrogens is 221 g/mol. The third kappa shape index (κ3) is 2.28. The molecule has 5 heteroatoms. The second-order valence-corrected chi connectivity index (χ2v) is 3.60. The van der Waals surface area contributed by atoms with E-state index in [2.05, 4.69) is 28.7 Å². The molecule has 0 bridgehead atoms. The van der Waals surface area contributed by atoms with Crippen LogP contribution in [-0.2, 0) is 0 Å². The Morgan fingerprint density at radius 3 is 2.21 bits per heavy atom. The van der Waals surface area contributed by atoms with Crippen LogP contribution in [0.2, 0.25) is 10.4 Å². The standard InChI is InChI=1S/C9H13Cl2N3/c1-4-14(5-2)8-6(3)7(10)12-9(11)13-8/h4-5H2,1-3H3. The monoisotopic (exact) mass is 233 g/mol. The molecule has 0 atom stereocenters. The first-order chi connectivity index (χ1) is 6.60. The number of hydrogen-bond donors (Lipinski definition) is 0. The summed E-state index contributed by atoms with van der Waals surface area (Å²) >= 11 is 11.7. The quantitative estimate of drug-likeness (QED) is 0.594. The minimum Gasteiger partial charge on any atom is -0.357 e. The zero-order valence-electron chi connectivity index (χ0n) is 8.51. The number of aromatic nitrogens is 2. The van der Waals surface area contributed by atoms with Crippen LogP contribution in [0.1, 0.15) is 19.4 Å². The summed E-state index contributed by atoms with van der Waals surface area (Å²) in [5, 5.41) is 0.620. The van der Waals surface area contributed by atoms with Crippen molar-refractivity contribution < 1.29 is 0 Å². The van der Waals surface area contributed by atoms with Crippen molar-refractivity contribution in [1.82, 2.24) is 9.97 Å². The minimum absolute atomic E-state index is 0.197. The molecule has 0 radical (unpaired) electrons. The van der Waals surface area contributed by atoms with Crippen LogP contribution in [0.25, 0.3) is 0 Å². The van der Waals surface area contributed by atoms with Crippen molar-refractivity contribution in [1.29, 1.82) is 0 Å². The van der Waals surface area contributed by atoms with Gasteiger partial charge in [0.15, 0.2) is 0 Å². The van der Waals surface area contributed by atoms with Gasteiger partial charge < -0.3 is 4.90 Å². The predicted octanol–water partition coefficient (Wildman–Crippen LogP) is 2.94. The fourth-order valence-electron chi connectivity index (χ4n) is 1.28. The molecule has 0 saturated carbocycles. The van der Waals surface area contributed by atoms with Crippen LogP contribution in [-0.4, -0.2) is 23.1 Å². The molecule has 0 aliphatic rings. The second-order valence-electron chi connectivity index (χ2n) is 2.90. The van der Waals surface area contributed by atoms with E-state index in [-0.39, 0.29) is 5.28 Å². The van der Waals surface area contributed by atoms with E-state index < -0.39 is 0 Å². The van der Waals surface area contributed by atoms with Crippen molar-refractivity contribution in [3.8, 4) is 0 Å². The molecule has 0 spiro atoms. The fraction of sp³-hybridized carbons (Fsp3) is 0.556. The summed E-state index contributed by atoms with van der Waals surface area (Å²) in [6.07, 6.45) is 0. The van der Waals surface area contributed by atoms with E-state index in [1.165, 1.54) is 0 Å². The maximum absolute atomic E-state index is 5.91. The molecule has 0 fully saturated rings. The molecule has 78 valence electrons. The Hall–Kier alpha value is -0.540. The highest BCUT2D eigenvalue weighted by atomic mass is 35.5. The van der Waals surface area contributed by atoms with Crippen molar-refractivity contribution in [3.63, 3.8) is 0 Å². The van der Waals surface area contributed by atoms with Crippen LogP contribution in [0.5, 0.6) is 0 Å². The summed E-state index contributed by atoms with van der Waals surface area (Å²) in [6.45, 7) is 7.77. The Bertz CT molecular complexity index is 324. The molecule has 3 nitrogen and oxygen atoms in total. The molecule has 0 saturated heterocycles. The fourth-order valence-corrected chi connectivity index (χ4v) is 1.66. The van der Waals surface area contributed by atoms with Crippen molar-refractivity contribution in [3.05, 3.63) is 16.0 Å². The summed E-state index contributed by atoms with van der Waals surface area (Å²) in [4.78, 5) is 10.1. The number of hydrogen-bond acceptors (Lipinski definition) is 3. The van der Waals surface area contributed by atoms with Gasteiger partial charge in [-0.3, -0.25) is 0 Å². The van der Waals surface area contributed by atoms with Crippen molar-refractivity contribution in [2.24, 2.45) is 0 Å². The molecule has 1 heterocycles. The first-order valence-electron chi connectivity index (χ1n) is 4.54. The summed E-state index contributed by atoms with van der Waals surface area (Å²) in [7, 11) is 0. The van der Waals surface area contributed by atoms with E-state index in [1.807, 2.05) is 6.92 Å². The zero-order chi connectivity index (χ0) is 10.7. The highest BCUT2D eigenvalue weighted by molar-refractivity contribution is 6.32. The van der Waals surface area contributed by atoms with Crippen LogP contribution in [0.4, 0.5) is 5.82 Å². The lowest BCUT2D eigenvalue weighted by Gasteiger charge is -2.21. The van der Waals surface area contributed by atoms with Gasteiger partial charge in [-0.25, -0.2) is 9.97 Å². The maximum atomic E-state index is 5.91. The SMILES string of the molecule is CCN(CC)c1nc(Cl)nc(Cl)c1C. The highest BCUT2D eigenvalue weighted by Crippen LogP contribution is 2.24. The molecule has 0 unspecified atom stereocenters. The smallest absolute Gasteiger partial charge is 0.225 e. The normalized spacial score (nSPS) is 10.4. The van der Waals surface area contributed by atoms with Crippen LogP contribution in [0, 0.1) is 6.92 Å². The Morgan fingerprint density at radius 1 is 1.14 bits per heavy atom. The third-order valence-electron chi connectivity index (χ3n) is 2.10. The van der Waals surface area contributed by atoms with E-state index in [0.717, 1.165) is 24.5 Å². The molecule has 1 aromatic rings. The van der Waals surface area contributed by atoms with Gasteiger partial charge in [-0.15, -0.1) is 0 Å². The summed E-state index contributed by atoms with van der Waals surface area (Å²) in [6, 6.07) is 0. The van der Waals surface area contributed by atoms with Crippen molar-refractivity contribution in [2.45, 2.75) is 20.8 Å². The lowest BCUT2D eigenvalue weighted by atomic mass is 10.3. The maximum Gasteiger partial charge on any atom is 0.225 e. The molecule has 1 rings (SSSR count). The highest BCUT2D eigenvalue weighted by Gasteiger charge is 2.12. The average Bonchev–Trinajstić information content (AvgIpc) is 2.15. The number of anilines is 1. The third-order valence-corrected chi connectivity index (χ3v) is 2.63. The van der Waals surface area contributed by atoms with E-state index in [9.17, 15) is 0 Å². The molecule has 0 aliphatic carbocycles. The molecule has 0 N–H and O–H groups in total. The Labute approximate surface area is 94.1 Å². The summed E-state index contributed by atoms with van der Waals surface area (Å²) < 4.78 is 0. The molecule has 0 amide bonds. The van der Waals surface area contributed by atoms with Gasteiger partial charge in [0, 0.05) is 18.7 Å². The lowest BCUT2D eigenvalue weighted by molar-refractivity contribution is 0.835. The topological polar surface area (TPSA) is 29.0 Å². The number of nitrogens with zero attached hydrogens (tertiary/aromatic N) is 3. The summed E-state index contributed by atoms with van der Waals surface area (Å²) in [5.41, 5.74) is 0.875. The second kappa shape index (κ2) is 4.80. The first kappa shape index (κ1) is 11.5. The van der Waals surface area contributed by atoms with E-state index in [1.54, 1.807) is 0 Å². The Kier molecular flexibility index (Phi) is 3.96. The zero-order valence-corrected chi connectivity index (χ0v) is 10.0. The lowest BCUT2D eigenvalue weighted by Crippen LogP contribution is -2.24. The van der Waals surface area contributed by atoms with Crippen LogP contribution in [0.15, 0.2) is 0 Å². The van der Waals surface area contributed by atoms with Crippen LogP contribution in [0.3, 0.4) is 0 Å². The minimum atomic E-state index is 0.197. The Morgan fingerprint density at radius 2 is 1.71 bits per heavy atom. The Balaban J connectivity index is 3.18.